The third-order valence-electron chi connectivity index (χ3n) is 2.82. The quantitative estimate of drug-likeness (QED) is 0.834. The normalized spacial score (nSPS) is 10.6. The standard InChI is InChI=1S/C15H18BrNO3/c1-3-20-15-13(16)6-12(7-14(15)18-2)9-17-8-11-4-5-19-10-11/h4-7,10,17H,3,8-9H2,1-2H3. The Labute approximate surface area is 127 Å². The second-order valence-corrected chi connectivity index (χ2v) is 5.13. The van der Waals surface area contributed by atoms with Gasteiger partial charge in [-0.1, -0.05) is 0 Å². The zero-order valence-corrected chi connectivity index (χ0v) is 13.2. The van der Waals surface area contributed by atoms with E-state index in [9.17, 15) is 0 Å². The van der Waals surface area contributed by atoms with Crippen molar-refractivity contribution in [2.45, 2.75) is 20.0 Å². The van der Waals surface area contributed by atoms with Gasteiger partial charge in [0.1, 0.15) is 0 Å². The Morgan fingerprint density at radius 1 is 1.25 bits per heavy atom. The van der Waals surface area contributed by atoms with Gasteiger partial charge >= 0.3 is 0 Å². The first-order valence-corrected chi connectivity index (χ1v) is 7.25. The number of rotatable bonds is 7. The first kappa shape index (κ1) is 14.9. The predicted octanol–water partition coefficient (Wildman–Crippen LogP) is 3.74. The van der Waals surface area contributed by atoms with E-state index in [0.717, 1.165) is 40.2 Å². The van der Waals surface area contributed by atoms with Crippen molar-refractivity contribution in [2.75, 3.05) is 13.7 Å². The third-order valence-corrected chi connectivity index (χ3v) is 3.41. The number of ether oxygens (including phenoxy) is 2. The van der Waals surface area contributed by atoms with Crippen LogP contribution in [0.5, 0.6) is 11.5 Å². The predicted molar refractivity (Wildman–Crippen MR) is 81.1 cm³/mol. The van der Waals surface area contributed by atoms with E-state index < -0.39 is 0 Å². The largest absolute Gasteiger partial charge is 0.493 e. The average Bonchev–Trinajstić information content (AvgIpc) is 2.94. The summed E-state index contributed by atoms with van der Waals surface area (Å²) in [4.78, 5) is 0. The lowest BCUT2D eigenvalue weighted by Crippen LogP contribution is -2.12. The number of halogens is 1. The summed E-state index contributed by atoms with van der Waals surface area (Å²) in [7, 11) is 1.65. The number of benzene rings is 1. The van der Waals surface area contributed by atoms with Gasteiger partial charge in [-0.15, -0.1) is 0 Å². The maximum Gasteiger partial charge on any atom is 0.175 e. The van der Waals surface area contributed by atoms with Crippen molar-refractivity contribution >= 4 is 15.9 Å². The molecule has 1 aromatic heterocycles. The van der Waals surface area contributed by atoms with E-state index in [2.05, 4.69) is 21.2 Å². The SMILES string of the molecule is CCOc1c(Br)cc(CNCc2ccoc2)cc1OC. The highest BCUT2D eigenvalue weighted by atomic mass is 79.9. The van der Waals surface area contributed by atoms with E-state index in [0.29, 0.717) is 6.61 Å². The minimum atomic E-state index is 0.604. The van der Waals surface area contributed by atoms with Gasteiger partial charge in [0, 0.05) is 18.7 Å². The molecule has 0 aliphatic carbocycles. The van der Waals surface area contributed by atoms with Crippen molar-refractivity contribution in [3.8, 4) is 11.5 Å². The summed E-state index contributed by atoms with van der Waals surface area (Å²) in [5.74, 6) is 1.48. The lowest BCUT2D eigenvalue weighted by molar-refractivity contribution is 0.308. The molecule has 0 atom stereocenters. The lowest BCUT2D eigenvalue weighted by Gasteiger charge is -2.13. The molecule has 0 saturated carbocycles. The summed E-state index contributed by atoms with van der Waals surface area (Å²) >= 11 is 3.52. The van der Waals surface area contributed by atoms with Crippen LogP contribution >= 0.6 is 15.9 Å². The van der Waals surface area contributed by atoms with Gasteiger partial charge in [0.25, 0.3) is 0 Å². The first-order chi connectivity index (χ1) is 9.74. The molecule has 0 radical (unpaired) electrons. The molecule has 0 amide bonds. The fourth-order valence-corrected chi connectivity index (χ4v) is 2.51. The van der Waals surface area contributed by atoms with E-state index in [1.807, 2.05) is 25.1 Å². The Kier molecular flexibility index (Phi) is 5.49. The summed E-state index contributed by atoms with van der Waals surface area (Å²) < 4.78 is 16.9. The third kappa shape index (κ3) is 3.77. The van der Waals surface area contributed by atoms with E-state index in [4.69, 9.17) is 13.9 Å². The van der Waals surface area contributed by atoms with Crippen LogP contribution in [-0.2, 0) is 13.1 Å². The molecule has 0 aliphatic heterocycles. The average molecular weight is 340 g/mol. The van der Waals surface area contributed by atoms with Gasteiger partial charge in [-0.25, -0.2) is 0 Å². The summed E-state index contributed by atoms with van der Waals surface area (Å²) in [5.41, 5.74) is 2.25. The van der Waals surface area contributed by atoms with Crippen molar-refractivity contribution in [3.63, 3.8) is 0 Å². The van der Waals surface area contributed by atoms with Gasteiger partial charge in [0.2, 0.25) is 0 Å². The highest BCUT2D eigenvalue weighted by molar-refractivity contribution is 9.10. The van der Waals surface area contributed by atoms with Crippen LogP contribution in [0.2, 0.25) is 0 Å². The number of nitrogens with one attached hydrogen (secondary N) is 1. The van der Waals surface area contributed by atoms with E-state index in [1.54, 1.807) is 19.6 Å². The fraction of sp³-hybridized carbons (Fsp3) is 0.333. The molecular weight excluding hydrogens is 322 g/mol. The van der Waals surface area contributed by atoms with Gasteiger partial charge in [-0.2, -0.15) is 0 Å². The molecule has 0 spiro atoms. The summed E-state index contributed by atoms with van der Waals surface area (Å²) in [5, 5.41) is 3.36. The Balaban J connectivity index is 2.02. The Hall–Kier alpha value is -1.46. The lowest BCUT2D eigenvalue weighted by atomic mass is 10.2. The molecule has 0 aliphatic rings. The first-order valence-electron chi connectivity index (χ1n) is 6.45. The molecule has 0 bridgehead atoms. The maximum absolute atomic E-state index is 5.57. The molecule has 0 saturated heterocycles. The molecule has 1 aromatic carbocycles. The van der Waals surface area contributed by atoms with Crippen LogP contribution in [0.1, 0.15) is 18.1 Å². The van der Waals surface area contributed by atoms with Gasteiger partial charge in [-0.3, -0.25) is 0 Å². The van der Waals surface area contributed by atoms with Crippen LogP contribution in [0, 0.1) is 0 Å². The minimum Gasteiger partial charge on any atom is -0.493 e. The van der Waals surface area contributed by atoms with Gasteiger partial charge < -0.3 is 19.2 Å². The van der Waals surface area contributed by atoms with Gasteiger partial charge in [-0.05, 0) is 46.6 Å². The molecule has 20 heavy (non-hydrogen) atoms. The van der Waals surface area contributed by atoms with Crippen LogP contribution in [0.4, 0.5) is 0 Å². The molecule has 1 N–H and O–H groups in total. The van der Waals surface area contributed by atoms with Crippen LogP contribution in [0.15, 0.2) is 39.6 Å². The molecule has 1 heterocycles. The molecule has 4 nitrogen and oxygen atoms in total. The van der Waals surface area contributed by atoms with Gasteiger partial charge in [0.15, 0.2) is 11.5 Å². The topological polar surface area (TPSA) is 43.6 Å². The fourth-order valence-electron chi connectivity index (χ4n) is 1.90. The smallest absolute Gasteiger partial charge is 0.175 e. The number of methoxy groups -OCH3 is 1. The zero-order chi connectivity index (χ0) is 14.4. The highest BCUT2D eigenvalue weighted by Crippen LogP contribution is 2.36. The number of hydrogen-bond donors (Lipinski definition) is 1. The highest BCUT2D eigenvalue weighted by Gasteiger charge is 2.11. The maximum atomic E-state index is 5.57. The van der Waals surface area contributed by atoms with Crippen molar-refractivity contribution < 1.29 is 13.9 Å². The Morgan fingerprint density at radius 2 is 2.05 bits per heavy atom. The van der Waals surface area contributed by atoms with Crippen molar-refractivity contribution in [1.82, 2.24) is 5.32 Å². The zero-order valence-electron chi connectivity index (χ0n) is 11.6. The molecule has 5 heteroatoms. The molecule has 2 aromatic rings. The molecule has 0 fully saturated rings. The summed E-state index contributed by atoms with van der Waals surface area (Å²) in [6, 6.07) is 5.97. The molecular formula is C15H18BrNO3. The van der Waals surface area contributed by atoms with Crippen LogP contribution in [-0.4, -0.2) is 13.7 Å². The Bertz CT molecular complexity index is 540. The monoisotopic (exact) mass is 339 g/mol. The minimum absolute atomic E-state index is 0.604. The van der Waals surface area contributed by atoms with Crippen molar-refractivity contribution in [1.29, 1.82) is 0 Å². The second-order valence-electron chi connectivity index (χ2n) is 4.28. The Morgan fingerprint density at radius 3 is 2.70 bits per heavy atom. The summed E-state index contributed by atoms with van der Waals surface area (Å²) in [6.07, 6.45) is 3.41. The van der Waals surface area contributed by atoms with E-state index in [1.165, 1.54) is 0 Å². The van der Waals surface area contributed by atoms with Crippen LogP contribution in [0.25, 0.3) is 0 Å². The van der Waals surface area contributed by atoms with E-state index >= 15 is 0 Å². The molecule has 108 valence electrons. The molecule has 2 rings (SSSR count). The number of furan rings is 1. The van der Waals surface area contributed by atoms with E-state index in [-0.39, 0.29) is 0 Å². The van der Waals surface area contributed by atoms with Crippen molar-refractivity contribution in [2.24, 2.45) is 0 Å². The van der Waals surface area contributed by atoms with Gasteiger partial charge in [0.05, 0.1) is 30.7 Å². The van der Waals surface area contributed by atoms with Crippen LogP contribution in [0.3, 0.4) is 0 Å². The number of hydrogen-bond acceptors (Lipinski definition) is 4. The summed E-state index contributed by atoms with van der Waals surface area (Å²) in [6.45, 7) is 4.06. The van der Waals surface area contributed by atoms with Crippen molar-refractivity contribution in [3.05, 3.63) is 46.3 Å². The van der Waals surface area contributed by atoms with Crippen LogP contribution < -0.4 is 14.8 Å². The second kappa shape index (κ2) is 7.36. The molecule has 0 unspecified atom stereocenters.